The number of carbonyl (C=O) groups excluding carboxylic acids is 2. The average Bonchev–Trinajstić information content (AvgIpc) is 2.90. The van der Waals surface area contributed by atoms with Crippen LogP contribution < -0.4 is 40.0 Å². The van der Waals surface area contributed by atoms with Crippen molar-refractivity contribution in [2.45, 2.75) is 45.1 Å². The third kappa shape index (κ3) is 5.68. The number of carboxylic acid groups (broad SMARTS) is 1. The summed E-state index contributed by atoms with van der Waals surface area (Å²) < 4.78 is 0. The summed E-state index contributed by atoms with van der Waals surface area (Å²) >= 11 is 0. The second-order valence-corrected chi connectivity index (χ2v) is 5.46. The molecule has 0 saturated carbocycles. The van der Waals surface area contributed by atoms with E-state index in [1.165, 1.54) is 0 Å². The van der Waals surface area contributed by atoms with Crippen molar-refractivity contribution in [2.75, 3.05) is 0 Å². The monoisotopic (exact) mass is 324 g/mol. The number of nitrogens with one attached hydrogen (secondary N) is 2. The summed E-state index contributed by atoms with van der Waals surface area (Å²) in [5, 5.41) is 14.8. The molecule has 1 aromatic heterocycles. The Hall–Kier alpha value is -1.30. The van der Waals surface area contributed by atoms with E-state index in [2.05, 4.69) is 17.2 Å². The van der Waals surface area contributed by atoms with Gasteiger partial charge in [0, 0.05) is 29.9 Å². The van der Waals surface area contributed by atoms with Gasteiger partial charge in [0.1, 0.15) is 0 Å². The Balaban J connectivity index is 0.00000264. The maximum atomic E-state index is 11.8. The van der Waals surface area contributed by atoms with Crippen LogP contribution in [-0.4, -0.2) is 22.9 Å². The molecule has 0 aliphatic carbocycles. The molecule has 0 aliphatic heterocycles. The van der Waals surface area contributed by atoms with E-state index >= 15 is 0 Å². The van der Waals surface area contributed by atoms with Gasteiger partial charge in [-0.05, 0) is 18.1 Å². The number of carboxylic acids is 1. The number of aliphatic carboxylic acids is 1. The molecule has 23 heavy (non-hydrogen) atoms. The minimum atomic E-state index is -1.26. The molecule has 2 rings (SSSR count). The molecular formula is C17H21N2NaO3. The summed E-state index contributed by atoms with van der Waals surface area (Å²) in [4.78, 5) is 26.2. The summed E-state index contributed by atoms with van der Waals surface area (Å²) in [6.45, 7) is 2.05. The van der Waals surface area contributed by atoms with Crippen molar-refractivity contribution in [3.63, 3.8) is 0 Å². The van der Waals surface area contributed by atoms with E-state index < -0.39 is 12.0 Å². The number of aromatic nitrogens is 1. The van der Waals surface area contributed by atoms with Crippen molar-refractivity contribution in [2.24, 2.45) is 0 Å². The van der Waals surface area contributed by atoms with Gasteiger partial charge in [0.05, 0.1) is 12.0 Å². The van der Waals surface area contributed by atoms with Crippen LogP contribution >= 0.6 is 0 Å². The van der Waals surface area contributed by atoms with E-state index in [0.717, 1.165) is 35.7 Å². The summed E-state index contributed by atoms with van der Waals surface area (Å²) in [5.41, 5.74) is 1.81. The molecule has 1 atom stereocenters. The predicted molar refractivity (Wildman–Crippen MR) is 83.1 cm³/mol. The summed E-state index contributed by atoms with van der Waals surface area (Å²) in [5.74, 6) is -1.49. The molecule has 1 heterocycles. The largest absolute Gasteiger partial charge is 1.00 e. The quantitative estimate of drug-likeness (QED) is 0.459. The number of unbranched alkanes of at least 4 members (excludes halogenated alkanes) is 2. The maximum absolute atomic E-state index is 11.8. The standard InChI is InChI=1S/C17H22N2O3.Na/c1-2-3-4-9-16(20)19-15(17(21)22)10-12-11-18-14-8-6-5-7-13(12)14;/h5-8,11,15,18H,2-4,9-10H2,1H3,(H,19,20)(H,21,22);/q;+1/p-1/t15-;/m0./s1. The zero-order valence-corrected chi connectivity index (χ0v) is 15.7. The van der Waals surface area contributed by atoms with Gasteiger partial charge in [-0.15, -0.1) is 0 Å². The van der Waals surface area contributed by atoms with Crippen molar-refractivity contribution in [1.29, 1.82) is 0 Å². The molecule has 0 aliphatic rings. The topological polar surface area (TPSA) is 85.0 Å². The van der Waals surface area contributed by atoms with Gasteiger partial charge in [-0.3, -0.25) is 4.79 Å². The Morgan fingerprint density at radius 2 is 2.00 bits per heavy atom. The Kier molecular flexibility index (Phi) is 8.37. The van der Waals surface area contributed by atoms with Crippen molar-refractivity contribution in [3.05, 3.63) is 36.0 Å². The first-order valence-electron chi connectivity index (χ1n) is 7.67. The third-order valence-corrected chi connectivity index (χ3v) is 3.73. The van der Waals surface area contributed by atoms with Gasteiger partial charge in [-0.1, -0.05) is 38.0 Å². The molecule has 0 bridgehead atoms. The van der Waals surface area contributed by atoms with Crippen molar-refractivity contribution in [1.82, 2.24) is 10.3 Å². The fourth-order valence-electron chi connectivity index (χ4n) is 2.52. The fraction of sp³-hybridized carbons (Fsp3) is 0.412. The van der Waals surface area contributed by atoms with Crippen LogP contribution in [0.5, 0.6) is 0 Å². The minimum Gasteiger partial charge on any atom is -0.548 e. The van der Waals surface area contributed by atoms with Crippen LogP contribution in [0.15, 0.2) is 30.5 Å². The predicted octanol–water partition coefficient (Wildman–Crippen LogP) is -1.47. The Labute approximate surface area is 158 Å². The van der Waals surface area contributed by atoms with Gasteiger partial charge in [-0.2, -0.15) is 0 Å². The van der Waals surface area contributed by atoms with Gasteiger partial charge < -0.3 is 20.2 Å². The van der Waals surface area contributed by atoms with Crippen molar-refractivity contribution >= 4 is 22.8 Å². The number of H-pyrrole nitrogens is 1. The Morgan fingerprint density at radius 3 is 2.70 bits per heavy atom. The number of fused-ring (bicyclic) bond motifs is 1. The second-order valence-electron chi connectivity index (χ2n) is 5.46. The smallest absolute Gasteiger partial charge is 0.548 e. The Morgan fingerprint density at radius 1 is 1.26 bits per heavy atom. The van der Waals surface area contributed by atoms with E-state index in [9.17, 15) is 14.7 Å². The van der Waals surface area contributed by atoms with Gasteiger partial charge in [0.25, 0.3) is 0 Å². The molecule has 0 spiro atoms. The van der Waals surface area contributed by atoms with E-state index in [4.69, 9.17) is 0 Å². The molecule has 2 aromatic rings. The molecule has 118 valence electrons. The van der Waals surface area contributed by atoms with Gasteiger partial charge in [0.2, 0.25) is 5.91 Å². The first-order valence-corrected chi connectivity index (χ1v) is 7.67. The molecule has 6 heteroatoms. The third-order valence-electron chi connectivity index (χ3n) is 3.73. The fourth-order valence-corrected chi connectivity index (χ4v) is 2.52. The van der Waals surface area contributed by atoms with Crippen LogP contribution in [0.2, 0.25) is 0 Å². The summed E-state index contributed by atoms with van der Waals surface area (Å²) in [6, 6.07) is 6.66. The molecule has 1 amide bonds. The van der Waals surface area contributed by atoms with Crippen molar-refractivity contribution in [3.8, 4) is 0 Å². The molecule has 2 N–H and O–H groups in total. The van der Waals surface area contributed by atoms with Crippen LogP contribution in [0.25, 0.3) is 10.9 Å². The van der Waals surface area contributed by atoms with E-state index in [1.807, 2.05) is 24.3 Å². The van der Waals surface area contributed by atoms with Crippen LogP contribution in [0.1, 0.15) is 38.2 Å². The normalized spacial score (nSPS) is 11.7. The molecule has 0 radical (unpaired) electrons. The number of hydrogen-bond acceptors (Lipinski definition) is 3. The number of rotatable bonds is 8. The summed E-state index contributed by atoms with van der Waals surface area (Å²) in [6.07, 6.45) is 5.11. The molecule has 0 unspecified atom stereocenters. The molecule has 5 nitrogen and oxygen atoms in total. The van der Waals surface area contributed by atoms with E-state index in [0.29, 0.717) is 6.42 Å². The van der Waals surface area contributed by atoms with Crippen LogP contribution in [0, 0.1) is 0 Å². The van der Waals surface area contributed by atoms with E-state index in [-0.39, 0.29) is 41.9 Å². The number of para-hydroxylation sites is 1. The molecule has 1 aromatic carbocycles. The SMILES string of the molecule is CCCCCC(=O)N[C@@H](Cc1c[nH]c2ccccc12)C(=O)[O-].[Na+]. The zero-order valence-electron chi connectivity index (χ0n) is 13.7. The molecule has 0 saturated heterocycles. The van der Waals surface area contributed by atoms with Crippen LogP contribution in [0.3, 0.4) is 0 Å². The van der Waals surface area contributed by atoms with Crippen LogP contribution in [-0.2, 0) is 16.0 Å². The minimum absolute atomic E-state index is 0. The van der Waals surface area contributed by atoms with Gasteiger partial charge in [0.15, 0.2) is 0 Å². The first-order chi connectivity index (χ1) is 10.6. The first kappa shape index (κ1) is 19.7. The average molecular weight is 324 g/mol. The Bertz CT molecular complexity index is 654. The number of hydrogen-bond donors (Lipinski definition) is 2. The van der Waals surface area contributed by atoms with Crippen molar-refractivity contribution < 1.29 is 44.3 Å². The maximum Gasteiger partial charge on any atom is 1.00 e. The number of aromatic amines is 1. The number of benzene rings is 1. The molecular weight excluding hydrogens is 303 g/mol. The van der Waals surface area contributed by atoms with E-state index in [1.54, 1.807) is 6.20 Å². The second kappa shape index (κ2) is 9.75. The number of amides is 1. The van der Waals surface area contributed by atoms with Gasteiger partial charge in [-0.25, -0.2) is 0 Å². The zero-order chi connectivity index (χ0) is 15.9. The number of carbonyl (C=O) groups is 2. The van der Waals surface area contributed by atoms with Crippen LogP contribution in [0.4, 0.5) is 0 Å². The molecule has 0 fully saturated rings. The van der Waals surface area contributed by atoms with Gasteiger partial charge >= 0.3 is 29.6 Å². The summed E-state index contributed by atoms with van der Waals surface area (Å²) in [7, 11) is 0.